The highest BCUT2D eigenvalue weighted by molar-refractivity contribution is 7.12. The van der Waals surface area contributed by atoms with Gasteiger partial charge in [-0.1, -0.05) is 0 Å². The van der Waals surface area contributed by atoms with Gasteiger partial charge in [-0.15, -0.1) is 11.3 Å². The Kier molecular flexibility index (Phi) is 3.50. The fraction of sp³-hybridized carbons (Fsp3) is 0.286. The van der Waals surface area contributed by atoms with Crippen molar-refractivity contribution in [3.05, 3.63) is 57.3 Å². The predicted octanol–water partition coefficient (Wildman–Crippen LogP) is 3.78. The van der Waals surface area contributed by atoms with Gasteiger partial charge in [0, 0.05) is 16.2 Å². The molecular formula is C14H14F2OS. The molecule has 0 aliphatic rings. The number of hydrogen-bond donors (Lipinski definition) is 1. The lowest BCUT2D eigenvalue weighted by Gasteiger charge is -2.22. The second-order valence-corrected chi connectivity index (χ2v) is 5.88. The first-order chi connectivity index (χ1) is 8.38. The average molecular weight is 268 g/mol. The first kappa shape index (κ1) is 13.2. The number of hydrogen-bond acceptors (Lipinski definition) is 2. The van der Waals surface area contributed by atoms with E-state index < -0.39 is 17.2 Å². The van der Waals surface area contributed by atoms with Crippen LogP contribution in [0.5, 0.6) is 0 Å². The quantitative estimate of drug-likeness (QED) is 0.898. The van der Waals surface area contributed by atoms with Crippen LogP contribution < -0.4 is 0 Å². The summed E-state index contributed by atoms with van der Waals surface area (Å²) in [5.74, 6) is -0.991. The molecule has 1 unspecified atom stereocenters. The molecule has 1 N–H and O–H groups in total. The Morgan fingerprint density at radius 2 is 1.94 bits per heavy atom. The SMILES string of the molecule is Cc1ccc(C(C)(O)Cc2cc(F)ccc2F)s1. The maximum atomic E-state index is 13.5. The summed E-state index contributed by atoms with van der Waals surface area (Å²) in [7, 11) is 0. The number of aryl methyl sites for hydroxylation is 1. The molecule has 96 valence electrons. The van der Waals surface area contributed by atoms with Crippen molar-refractivity contribution in [2.75, 3.05) is 0 Å². The molecule has 0 amide bonds. The van der Waals surface area contributed by atoms with Crippen molar-refractivity contribution >= 4 is 11.3 Å². The Balaban J connectivity index is 2.29. The van der Waals surface area contributed by atoms with Crippen LogP contribution in [-0.2, 0) is 12.0 Å². The Labute approximate surface area is 109 Å². The molecule has 4 heteroatoms. The van der Waals surface area contributed by atoms with E-state index >= 15 is 0 Å². The van der Waals surface area contributed by atoms with E-state index in [1.165, 1.54) is 11.3 Å². The molecule has 1 heterocycles. The van der Waals surface area contributed by atoms with Crippen molar-refractivity contribution in [1.29, 1.82) is 0 Å². The smallest absolute Gasteiger partial charge is 0.126 e. The molecule has 0 aliphatic carbocycles. The molecule has 2 rings (SSSR count). The fourth-order valence-corrected chi connectivity index (χ4v) is 2.77. The zero-order valence-corrected chi connectivity index (χ0v) is 11.0. The van der Waals surface area contributed by atoms with Gasteiger partial charge in [0.05, 0.1) is 0 Å². The highest BCUT2D eigenvalue weighted by Crippen LogP contribution is 2.31. The summed E-state index contributed by atoms with van der Waals surface area (Å²) in [4.78, 5) is 1.83. The Bertz CT molecular complexity index is 561. The summed E-state index contributed by atoms with van der Waals surface area (Å²) in [6.45, 7) is 3.55. The molecule has 1 aromatic carbocycles. The summed E-state index contributed by atoms with van der Waals surface area (Å²) in [5, 5.41) is 10.4. The number of aliphatic hydroxyl groups is 1. The van der Waals surface area contributed by atoms with Crippen molar-refractivity contribution in [3.63, 3.8) is 0 Å². The van der Waals surface area contributed by atoms with E-state index in [2.05, 4.69) is 0 Å². The van der Waals surface area contributed by atoms with E-state index in [-0.39, 0.29) is 12.0 Å². The number of halogens is 2. The molecule has 0 spiro atoms. The zero-order chi connectivity index (χ0) is 13.3. The van der Waals surface area contributed by atoms with Crippen LogP contribution in [0.1, 0.15) is 22.2 Å². The number of benzene rings is 1. The summed E-state index contributed by atoms with van der Waals surface area (Å²) in [6, 6.07) is 7.00. The Morgan fingerprint density at radius 3 is 2.56 bits per heavy atom. The second-order valence-electron chi connectivity index (χ2n) is 4.60. The van der Waals surface area contributed by atoms with Crippen LogP contribution in [0.25, 0.3) is 0 Å². The topological polar surface area (TPSA) is 20.2 Å². The maximum Gasteiger partial charge on any atom is 0.126 e. The molecular weight excluding hydrogens is 254 g/mol. The molecule has 0 aliphatic heterocycles. The van der Waals surface area contributed by atoms with Gasteiger partial charge in [0.15, 0.2) is 0 Å². The van der Waals surface area contributed by atoms with Gasteiger partial charge in [-0.3, -0.25) is 0 Å². The largest absolute Gasteiger partial charge is 0.384 e. The predicted molar refractivity (Wildman–Crippen MR) is 68.7 cm³/mol. The van der Waals surface area contributed by atoms with Crippen molar-refractivity contribution in [1.82, 2.24) is 0 Å². The summed E-state index contributed by atoms with van der Waals surface area (Å²) >= 11 is 1.46. The van der Waals surface area contributed by atoms with Crippen LogP contribution >= 0.6 is 11.3 Å². The lowest BCUT2D eigenvalue weighted by Crippen LogP contribution is -2.23. The number of thiophene rings is 1. The molecule has 1 aromatic heterocycles. The monoisotopic (exact) mass is 268 g/mol. The van der Waals surface area contributed by atoms with Crippen molar-refractivity contribution in [3.8, 4) is 0 Å². The van der Waals surface area contributed by atoms with Crippen LogP contribution in [0.3, 0.4) is 0 Å². The highest BCUT2D eigenvalue weighted by atomic mass is 32.1. The van der Waals surface area contributed by atoms with Crippen molar-refractivity contribution in [2.24, 2.45) is 0 Å². The fourth-order valence-electron chi connectivity index (χ4n) is 1.86. The van der Waals surface area contributed by atoms with E-state index in [4.69, 9.17) is 0 Å². The molecule has 0 saturated heterocycles. The third-order valence-electron chi connectivity index (χ3n) is 2.81. The van der Waals surface area contributed by atoms with Gasteiger partial charge in [0.1, 0.15) is 17.2 Å². The van der Waals surface area contributed by atoms with Crippen LogP contribution in [0, 0.1) is 18.6 Å². The summed E-state index contributed by atoms with van der Waals surface area (Å²) < 4.78 is 26.6. The normalized spacial score (nSPS) is 14.5. The minimum Gasteiger partial charge on any atom is -0.384 e. The zero-order valence-electron chi connectivity index (χ0n) is 10.2. The van der Waals surface area contributed by atoms with Gasteiger partial charge in [0.25, 0.3) is 0 Å². The molecule has 0 saturated carbocycles. The minimum atomic E-state index is -1.19. The lowest BCUT2D eigenvalue weighted by molar-refractivity contribution is 0.0605. The molecule has 1 atom stereocenters. The van der Waals surface area contributed by atoms with Gasteiger partial charge < -0.3 is 5.11 Å². The first-order valence-corrected chi connectivity index (χ1v) is 6.43. The van der Waals surface area contributed by atoms with Crippen LogP contribution in [0.2, 0.25) is 0 Å². The van der Waals surface area contributed by atoms with Crippen LogP contribution in [0.15, 0.2) is 30.3 Å². The van der Waals surface area contributed by atoms with Gasteiger partial charge in [-0.2, -0.15) is 0 Å². The maximum absolute atomic E-state index is 13.5. The second kappa shape index (κ2) is 4.78. The summed E-state index contributed by atoms with van der Waals surface area (Å²) in [5.41, 5.74) is -1.00. The van der Waals surface area contributed by atoms with Gasteiger partial charge in [-0.05, 0) is 49.7 Å². The number of rotatable bonds is 3. The minimum absolute atomic E-state index is 0.0521. The molecule has 1 nitrogen and oxygen atoms in total. The van der Waals surface area contributed by atoms with Crippen LogP contribution in [0.4, 0.5) is 8.78 Å². The molecule has 0 radical (unpaired) electrons. The lowest BCUT2D eigenvalue weighted by atomic mass is 9.94. The molecule has 18 heavy (non-hydrogen) atoms. The first-order valence-electron chi connectivity index (χ1n) is 5.62. The standard InChI is InChI=1S/C14H14F2OS/c1-9-3-6-13(18-9)14(2,17)8-10-7-11(15)4-5-12(10)16/h3-7,17H,8H2,1-2H3. The Hall–Kier alpha value is -1.26. The summed E-state index contributed by atoms with van der Waals surface area (Å²) in [6.07, 6.45) is 0.0521. The van der Waals surface area contributed by atoms with E-state index in [9.17, 15) is 13.9 Å². The average Bonchev–Trinajstić information content (AvgIpc) is 2.71. The highest BCUT2D eigenvalue weighted by Gasteiger charge is 2.26. The van der Waals surface area contributed by atoms with Crippen LogP contribution in [-0.4, -0.2) is 5.11 Å². The molecule has 2 aromatic rings. The van der Waals surface area contributed by atoms with Crippen molar-refractivity contribution in [2.45, 2.75) is 25.9 Å². The van der Waals surface area contributed by atoms with E-state index in [0.29, 0.717) is 0 Å². The van der Waals surface area contributed by atoms with E-state index in [1.807, 2.05) is 19.1 Å². The van der Waals surface area contributed by atoms with Crippen molar-refractivity contribution < 1.29 is 13.9 Å². The molecule has 0 fully saturated rings. The third kappa shape index (κ3) is 2.76. The van der Waals surface area contributed by atoms with Gasteiger partial charge in [0.2, 0.25) is 0 Å². The van der Waals surface area contributed by atoms with Gasteiger partial charge >= 0.3 is 0 Å². The van der Waals surface area contributed by atoms with Gasteiger partial charge in [-0.25, -0.2) is 8.78 Å². The Morgan fingerprint density at radius 1 is 1.22 bits per heavy atom. The van der Waals surface area contributed by atoms with E-state index in [0.717, 1.165) is 28.0 Å². The molecule has 0 bridgehead atoms. The third-order valence-corrected chi connectivity index (χ3v) is 4.07. The van der Waals surface area contributed by atoms with E-state index in [1.54, 1.807) is 6.92 Å².